The van der Waals surface area contributed by atoms with E-state index in [2.05, 4.69) is 25.3 Å². The van der Waals surface area contributed by atoms with Gasteiger partial charge in [0.15, 0.2) is 0 Å². The zero-order chi connectivity index (χ0) is 17.8. The molecule has 0 aromatic heterocycles. The Labute approximate surface area is 133 Å². The summed E-state index contributed by atoms with van der Waals surface area (Å²) in [6, 6.07) is 0. The van der Waals surface area contributed by atoms with Gasteiger partial charge in [0.25, 0.3) is 0 Å². The van der Waals surface area contributed by atoms with Crippen LogP contribution in [0.5, 0.6) is 0 Å². The van der Waals surface area contributed by atoms with Crippen molar-refractivity contribution in [1.29, 1.82) is 0 Å². The molecule has 0 aliphatic rings. The Morgan fingerprint density at radius 1 is 1.05 bits per heavy atom. The van der Waals surface area contributed by atoms with E-state index in [4.69, 9.17) is 14.5 Å². The monoisotopic (exact) mass is 338 g/mol. The van der Waals surface area contributed by atoms with Crippen molar-refractivity contribution in [2.45, 2.75) is 61.3 Å². The van der Waals surface area contributed by atoms with Gasteiger partial charge in [-0.2, -0.15) is 0 Å². The Balaban J connectivity index is 4.91. The average molecular weight is 338 g/mol. The highest BCUT2D eigenvalue weighted by Gasteiger charge is 2.48. The maximum atomic E-state index is 12.6. The lowest BCUT2D eigenvalue weighted by Gasteiger charge is -2.44. The standard InChI is InChI=1S/C15H31O6P/c1-8-14(5,6)11-15(7,13(2,3)4)12(16)20-9-10-21-22(17,18)19/h8-11H2,1-7H3,(H2,17,18,19). The number of carbonyl (C=O) groups is 1. The average Bonchev–Trinajstić information content (AvgIpc) is 2.31. The number of phosphoric ester groups is 1. The summed E-state index contributed by atoms with van der Waals surface area (Å²) in [4.78, 5) is 29.8. The predicted octanol–water partition coefficient (Wildman–Crippen LogP) is 3.52. The lowest BCUT2D eigenvalue weighted by molar-refractivity contribution is -0.166. The molecule has 7 heteroatoms. The lowest BCUT2D eigenvalue weighted by atomic mass is 9.60. The molecule has 6 nitrogen and oxygen atoms in total. The molecular weight excluding hydrogens is 307 g/mol. The molecule has 0 amide bonds. The smallest absolute Gasteiger partial charge is 0.463 e. The van der Waals surface area contributed by atoms with Gasteiger partial charge in [-0.05, 0) is 24.2 Å². The third kappa shape index (κ3) is 6.78. The molecule has 0 radical (unpaired) electrons. The summed E-state index contributed by atoms with van der Waals surface area (Å²) in [7, 11) is -4.53. The van der Waals surface area contributed by atoms with Crippen molar-refractivity contribution in [1.82, 2.24) is 0 Å². The summed E-state index contributed by atoms with van der Waals surface area (Å²) in [5.41, 5.74) is -1.02. The fraction of sp³-hybridized carbons (Fsp3) is 0.933. The van der Waals surface area contributed by atoms with Crippen LogP contribution in [-0.4, -0.2) is 29.0 Å². The molecular formula is C15H31O6P. The second-order valence-electron chi connectivity index (χ2n) is 7.74. The van der Waals surface area contributed by atoms with Crippen LogP contribution < -0.4 is 0 Å². The molecule has 1 unspecified atom stereocenters. The van der Waals surface area contributed by atoms with Gasteiger partial charge in [-0.25, -0.2) is 4.57 Å². The van der Waals surface area contributed by atoms with Crippen molar-refractivity contribution in [3.63, 3.8) is 0 Å². The molecule has 0 fully saturated rings. The first-order valence-electron chi connectivity index (χ1n) is 7.52. The summed E-state index contributed by atoms with van der Waals surface area (Å²) in [5, 5.41) is 0. The van der Waals surface area contributed by atoms with E-state index in [1.54, 1.807) is 0 Å². The molecule has 0 aromatic rings. The summed E-state index contributed by atoms with van der Waals surface area (Å²) in [5.74, 6) is -0.365. The summed E-state index contributed by atoms with van der Waals surface area (Å²) in [6.07, 6.45) is 1.60. The van der Waals surface area contributed by atoms with Crippen LogP contribution in [0.4, 0.5) is 0 Å². The van der Waals surface area contributed by atoms with E-state index in [1.165, 1.54) is 0 Å². The first kappa shape index (κ1) is 21.6. The Bertz CT molecular complexity index is 420. The van der Waals surface area contributed by atoms with Gasteiger partial charge < -0.3 is 14.5 Å². The number of rotatable bonds is 8. The fourth-order valence-corrected chi connectivity index (χ4v) is 2.49. The van der Waals surface area contributed by atoms with E-state index in [0.717, 1.165) is 6.42 Å². The van der Waals surface area contributed by atoms with E-state index in [0.29, 0.717) is 6.42 Å². The van der Waals surface area contributed by atoms with Crippen molar-refractivity contribution < 1.29 is 28.4 Å². The summed E-state index contributed by atoms with van der Waals surface area (Å²) < 4.78 is 20.1. The molecule has 0 saturated carbocycles. The minimum absolute atomic E-state index is 0.0105. The van der Waals surface area contributed by atoms with Gasteiger partial charge >= 0.3 is 13.8 Å². The third-order valence-corrected chi connectivity index (χ3v) is 4.99. The Morgan fingerprint density at radius 2 is 1.55 bits per heavy atom. The van der Waals surface area contributed by atoms with Crippen LogP contribution in [0.25, 0.3) is 0 Å². The molecule has 0 aliphatic carbocycles. The van der Waals surface area contributed by atoms with Gasteiger partial charge in [0.05, 0.1) is 12.0 Å². The zero-order valence-electron chi connectivity index (χ0n) is 14.8. The van der Waals surface area contributed by atoms with Crippen molar-refractivity contribution in [3.8, 4) is 0 Å². The Morgan fingerprint density at radius 3 is 1.91 bits per heavy atom. The summed E-state index contributed by atoms with van der Waals surface area (Å²) in [6.45, 7) is 13.7. The SMILES string of the molecule is CCC(C)(C)CC(C)(C(=O)OCCOP(=O)(O)O)C(C)(C)C. The van der Waals surface area contributed by atoms with E-state index in [-0.39, 0.29) is 30.0 Å². The molecule has 0 aromatic carbocycles. The Kier molecular flexibility index (Phi) is 7.29. The van der Waals surface area contributed by atoms with Crippen molar-refractivity contribution in [3.05, 3.63) is 0 Å². The van der Waals surface area contributed by atoms with Crippen LogP contribution >= 0.6 is 7.82 Å². The molecule has 22 heavy (non-hydrogen) atoms. The second kappa shape index (κ2) is 7.43. The molecule has 0 heterocycles. The van der Waals surface area contributed by atoms with Gasteiger partial charge in [0.1, 0.15) is 6.61 Å². The molecule has 0 rings (SSSR count). The number of hydrogen-bond donors (Lipinski definition) is 2. The molecule has 0 saturated heterocycles. The first-order chi connectivity index (χ1) is 9.65. The maximum Gasteiger partial charge on any atom is 0.469 e. The fourth-order valence-electron chi connectivity index (χ4n) is 2.18. The van der Waals surface area contributed by atoms with Crippen LogP contribution in [-0.2, 0) is 18.6 Å². The quantitative estimate of drug-likeness (QED) is 0.399. The second-order valence-corrected chi connectivity index (χ2v) is 8.98. The van der Waals surface area contributed by atoms with Crippen molar-refractivity contribution >= 4 is 13.8 Å². The van der Waals surface area contributed by atoms with Crippen LogP contribution in [0.2, 0.25) is 0 Å². The number of carbonyl (C=O) groups excluding carboxylic acids is 1. The molecule has 132 valence electrons. The minimum Gasteiger partial charge on any atom is -0.463 e. The van der Waals surface area contributed by atoms with E-state index in [1.807, 2.05) is 27.7 Å². The largest absolute Gasteiger partial charge is 0.469 e. The van der Waals surface area contributed by atoms with E-state index in [9.17, 15) is 9.36 Å². The zero-order valence-corrected chi connectivity index (χ0v) is 15.7. The van der Waals surface area contributed by atoms with Gasteiger partial charge in [-0.3, -0.25) is 9.32 Å². The summed E-state index contributed by atoms with van der Waals surface area (Å²) >= 11 is 0. The number of esters is 1. The molecule has 0 spiro atoms. The van der Waals surface area contributed by atoms with Crippen LogP contribution in [0.3, 0.4) is 0 Å². The number of ether oxygens (including phenoxy) is 1. The van der Waals surface area contributed by atoms with Crippen LogP contribution in [0.1, 0.15) is 61.3 Å². The van der Waals surface area contributed by atoms with E-state index >= 15 is 0 Å². The predicted molar refractivity (Wildman–Crippen MR) is 85.2 cm³/mol. The van der Waals surface area contributed by atoms with Gasteiger partial charge in [0.2, 0.25) is 0 Å². The van der Waals surface area contributed by atoms with Crippen LogP contribution in [0, 0.1) is 16.2 Å². The molecule has 0 bridgehead atoms. The highest BCUT2D eigenvalue weighted by molar-refractivity contribution is 7.46. The third-order valence-electron chi connectivity index (χ3n) is 4.47. The first-order valence-corrected chi connectivity index (χ1v) is 9.05. The van der Waals surface area contributed by atoms with Crippen molar-refractivity contribution in [2.24, 2.45) is 16.2 Å². The molecule has 1 atom stereocenters. The maximum absolute atomic E-state index is 12.6. The van der Waals surface area contributed by atoms with Gasteiger partial charge in [-0.15, -0.1) is 0 Å². The minimum atomic E-state index is -4.53. The molecule has 0 aliphatic heterocycles. The van der Waals surface area contributed by atoms with Gasteiger partial charge in [-0.1, -0.05) is 48.0 Å². The molecule has 2 N–H and O–H groups in total. The van der Waals surface area contributed by atoms with Crippen molar-refractivity contribution in [2.75, 3.05) is 13.2 Å². The topological polar surface area (TPSA) is 93.1 Å². The van der Waals surface area contributed by atoms with E-state index < -0.39 is 13.2 Å². The highest BCUT2D eigenvalue weighted by atomic mass is 31.2. The highest BCUT2D eigenvalue weighted by Crippen LogP contribution is 2.48. The Hall–Kier alpha value is -0.420. The normalized spacial score (nSPS) is 16.2. The number of hydrogen-bond acceptors (Lipinski definition) is 4. The van der Waals surface area contributed by atoms with Gasteiger partial charge in [0, 0.05) is 0 Å². The lowest BCUT2D eigenvalue weighted by Crippen LogP contribution is -2.45. The number of phosphoric acid groups is 1. The van der Waals surface area contributed by atoms with Crippen LogP contribution in [0.15, 0.2) is 0 Å².